The molecular formula is C21H23N3O4S2. The van der Waals surface area contributed by atoms with E-state index in [2.05, 4.69) is 5.32 Å². The Bertz CT molecular complexity index is 1110. The predicted octanol–water partition coefficient (Wildman–Crippen LogP) is 3.18. The number of amides is 2. The van der Waals surface area contributed by atoms with Gasteiger partial charge in [-0.05, 0) is 56.2 Å². The molecule has 158 valence electrons. The summed E-state index contributed by atoms with van der Waals surface area (Å²) in [4.78, 5) is 27.7. The van der Waals surface area contributed by atoms with Crippen LogP contribution in [0.15, 0.2) is 52.3 Å². The standard InChI is InChI=1S/C21H23N3O4S2/c1-14-21(26)23(2)18-12-15(8-9-19(18)29-14)20(25)22-16-6-5-7-17(13-16)30(27,28)24-10-3-4-11-24/h5-9,12-14H,3-4,10-11H2,1-2H3,(H,22,25). The lowest BCUT2D eigenvalue weighted by Gasteiger charge is -2.29. The maximum Gasteiger partial charge on any atom is 0.255 e. The van der Waals surface area contributed by atoms with Crippen LogP contribution in [0.25, 0.3) is 0 Å². The van der Waals surface area contributed by atoms with E-state index < -0.39 is 10.0 Å². The summed E-state index contributed by atoms with van der Waals surface area (Å²) in [6.45, 7) is 2.91. The first-order valence-electron chi connectivity index (χ1n) is 9.77. The number of thioether (sulfide) groups is 1. The van der Waals surface area contributed by atoms with E-state index in [1.807, 2.05) is 13.0 Å². The van der Waals surface area contributed by atoms with Crippen LogP contribution in [-0.4, -0.2) is 49.9 Å². The number of hydrogen-bond donors (Lipinski definition) is 1. The van der Waals surface area contributed by atoms with Crippen LogP contribution in [0, 0.1) is 0 Å². The summed E-state index contributed by atoms with van der Waals surface area (Å²) >= 11 is 1.47. The number of rotatable bonds is 4. The van der Waals surface area contributed by atoms with Crippen molar-refractivity contribution in [2.75, 3.05) is 30.4 Å². The van der Waals surface area contributed by atoms with Gasteiger partial charge in [-0.25, -0.2) is 8.42 Å². The summed E-state index contributed by atoms with van der Waals surface area (Å²) in [5.41, 5.74) is 1.50. The molecule has 1 fully saturated rings. The fourth-order valence-electron chi connectivity index (χ4n) is 3.67. The van der Waals surface area contributed by atoms with Gasteiger partial charge in [0.2, 0.25) is 15.9 Å². The summed E-state index contributed by atoms with van der Waals surface area (Å²) in [5.74, 6) is -0.372. The largest absolute Gasteiger partial charge is 0.322 e. The number of carbonyl (C=O) groups excluding carboxylic acids is 2. The first kappa shape index (κ1) is 20.9. The Kier molecular flexibility index (Phi) is 5.61. The Hall–Kier alpha value is -2.36. The molecule has 0 aromatic heterocycles. The second kappa shape index (κ2) is 8.05. The Morgan fingerprint density at radius 1 is 1.13 bits per heavy atom. The van der Waals surface area contributed by atoms with Gasteiger partial charge in [0.15, 0.2) is 0 Å². The van der Waals surface area contributed by atoms with E-state index >= 15 is 0 Å². The van der Waals surface area contributed by atoms with Crippen LogP contribution in [0.1, 0.15) is 30.1 Å². The molecule has 9 heteroatoms. The molecule has 7 nitrogen and oxygen atoms in total. The highest BCUT2D eigenvalue weighted by molar-refractivity contribution is 8.01. The van der Waals surface area contributed by atoms with Crippen LogP contribution < -0.4 is 10.2 Å². The molecule has 2 heterocycles. The number of sulfonamides is 1. The van der Waals surface area contributed by atoms with E-state index in [0.717, 1.165) is 17.7 Å². The summed E-state index contributed by atoms with van der Waals surface area (Å²) in [6.07, 6.45) is 1.73. The fourth-order valence-corrected chi connectivity index (χ4v) is 6.33. The number of nitrogens with zero attached hydrogens (tertiary/aromatic N) is 2. The van der Waals surface area contributed by atoms with Gasteiger partial charge < -0.3 is 10.2 Å². The summed E-state index contributed by atoms with van der Waals surface area (Å²) in [6, 6.07) is 11.5. The molecule has 2 aliphatic rings. The lowest BCUT2D eigenvalue weighted by Crippen LogP contribution is -2.36. The number of anilines is 2. The molecule has 0 saturated carbocycles. The van der Waals surface area contributed by atoms with Gasteiger partial charge in [-0.1, -0.05) is 6.07 Å². The third kappa shape index (κ3) is 3.84. The highest BCUT2D eigenvalue weighted by atomic mass is 32.2. The van der Waals surface area contributed by atoms with Crippen molar-refractivity contribution >= 4 is 45.0 Å². The SMILES string of the molecule is CC1Sc2ccc(C(=O)Nc3cccc(S(=O)(=O)N4CCCC4)c3)cc2N(C)C1=O. The third-order valence-corrected chi connectivity index (χ3v) is 8.41. The maximum atomic E-state index is 12.8. The number of hydrogen-bond acceptors (Lipinski definition) is 5. The van der Waals surface area contributed by atoms with Gasteiger partial charge >= 0.3 is 0 Å². The maximum absolute atomic E-state index is 12.8. The molecule has 1 saturated heterocycles. The van der Waals surface area contributed by atoms with Crippen molar-refractivity contribution in [1.82, 2.24) is 4.31 Å². The molecule has 0 aliphatic carbocycles. The minimum absolute atomic E-state index is 0.00937. The smallest absolute Gasteiger partial charge is 0.255 e. The fraction of sp³-hybridized carbons (Fsp3) is 0.333. The minimum atomic E-state index is -3.56. The van der Waals surface area contributed by atoms with Crippen molar-refractivity contribution in [2.45, 2.75) is 34.8 Å². The van der Waals surface area contributed by atoms with Gasteiger partial charge in [0.25, 0.3) is 5.91 Å². The van der Waals surface area contributed by atoms with Gasteiger partial charge in [0.1, 0.15) is 0 Å². The van der Waals surface area contributed by atoms with Gasteiger partial charge in [0, 0.05) is 36.3 Å². The van der Waals surface area contributed by atoms with E-state index in [0.29, 0.717) is 30.0 Å². The molecule has 30 heavy (non-hydrogen) atoms. The monoisotopic (exact) mass is 445 g/mol. The second-order valence-electron chi connectivity index (χ2n) is 7.43. The number of nitrogens with one attached hydrogen (secondary N) is 1. The first-order chi connectivity index (χ1) is 14.3. The molecule has 2 amide bonds. The summed E-state index contributed by atoms with van der Waals surface area (Å²) in [5, 5.41) is 2.61. The van der Waals surface area contributed by atoms with Crippen molar-refractivity contribution in [1.29, 1.82) is 0 Å². The van der Waals surface area contributed by atoms with Gasteiger partial charge in [0.05, 0.1) is 15.8 Å². The van der Waals surface area contributed by atoms with Crippen LogP contribution in [0.4, 0.5) is 11.4 Å². The molecule has 1 N–H and O–H groups in total. The summed E-state index contributed by atoms with van der Waals surface area (Å²) < 4.78 is 27.0. The van der Waals surface area contributed by atoms with Gasteiger partial charge in [-0.3, -0.25) is 9.59 Å². The van der Waals surface area contributed by atoms with E-state index in [1.54, 1.807) is 42.3 Å². The quantitative estimate of drug-likeness (QED) is 0.781. The zero-order valence-corrected chi connectivity index (χ0v) is 18.4. The third-order valence-electron chi connectivity index (χ3n) is 5.36. The number of carbonyl (C=O) groups is 2. The highest BCUT2D eigenvalue weighted by Crippen LogP contribution is 2.39. The van der Waals surface area contributed by atoms with Crippen LogP contribution in [-0.2, 0) is 14.8 Å². The predicted molar refractivity (Wildman–Crippen MR) is 118 cm³/mol. The molecule has 0 spiro atoms. The van der Waals surface area contributed by atoms with E-state index in [9.17, 15) is 18.0 Å². The van der Waals surface area contributed by atoms with E-state index in [1.165, 1.54) is 22.1 Å². The molecule has 4 rings (SSSR count). The van der Waals surface area contributed by atoms with Crippen molar-refractivity contribution < 1.29 is 18.0 Å². The highest BCUT2D eigenvalue weighted by Gasteiger charge is 2.29. The van der Waals surface area contributed by atoms with Crippen molar-refractivity contribution in [2.24, 2.45) is 0 Å². The average Bonchev–Trinajstić information content (AvgIpc) is 3.28. The molecule has 2 aromatic carbocycles. The summed E-state index contributed by atoms with van der Waals surface area (Å²) in [7, 11) is -1.86. The molecule has 2 aliphatic heterocycles. The number of fused-ring (bicyclic) bond motifs is 1. The van der Waals surface area contributed by atoms with Crippen LogP contribution in [0.2, 0.25) is 0 Å². The van der Waals surface area contributed by atoms with Crippen LogP contribution >= 0.6 is 11.8 Å². The molecular weight excluding hydrogens is 422 g/mol. The minimum Gasteiger partial charge on any atom is -0.322 e. The number of benzene rings is 2. The zero-order valence-electron chi connectivity index (χ0n) is 16.8. The van der Waals surface area contributed by atoms with Crippen LogP contribution in [0.3, 0.4) is 0 Å². The van der Waals surface area contributed by atoms with Crippen molar-refractivity contribution in [3.63, 3.8) is 0 Å². The Morgan fingerprint density at radius 2 is 1.87 bits per heavy atom. The second-order valence-corrected chi connectivity index (χ2v) is 10.8. The molecule has 2 aromatic rings. The average molecular weight is 446 g/mol. The molecule has 0 radical (unpaired) electrons. The van der Waals surface area contributed by atoms with Gasteiger partial charge in [-0.2, -0.15) is 4.31 Å². The van der Waals surface area contributed by atoms with Crippen molar-refractivity contribution in [3.8, 4) is 0 Å². The molecule has 1 atom stereocenters. The van der Waals surface area contributed by atoms with Gasteiger partial charge in [-0.15, -0.1) is 11.8 Å². The normalized spacial score (nSPS) is 19.6. The molecule has 0 bridgehead atoms. The van der Waals surface area contributed by atoms with Crippen LogP contribution in [0.5, 0.6) is 0 Å². The molecule has 1 unspecified atom stereocenters. The zero-order chi connectivity index (χ0) is 21.5. The van der Waals surface area contributed by atoms with E-state index in [-0.39, 0.29) is 22.0 Å². The Labute approximate surface area is 180 Å². The first-order valence-corrected chi connectivity index (χ1v) is 12.1. The lowest BCUT2D eigenvalue weighted by atomic mass is 10.1. The van der Waals surface area contributed by atoms with E-state index in [4.69, 9.17) is 0 Å². The lowest BCUT2D eigenvalue weighted by molar-refractivity contribution is -0.117. The Morgan fingerprint density at radius 3 is 2.60 bits per heavy atom. The topological polar surface area (TPSA) is 86.8 Å². The van der Waals surface area contributed by atoms with Crippen molar-refractivity contribution in [3.05, 3.63) is 48.0 Å². The Balaban J connectivity index is 1.56.